The molecule has 3 saturated carbocycles. The predicted octanol–water partition coefficient (Wildman–Crippen LogP) is 1.46. The van der Waals surface area contributed by atoms with Crippen LogP contribution in [-0.2, 0) is 14.6 Å². The molecule has 4 nitrogen and oxygen atoms in total. The zero-order valence-corrected chi connectivity index (χ0v) is 12.9. The number of nitrogens with zero attached hydrogens (tertiary/aromatic N) is 1. The standard InChI is InChI=1S/C15H23NO3S/c1-20(18,19)15(5-2-6-15)14(17)16-8-12-10-3-4-11(7-10)13(12)9-16/h10-13H,2-9H2,1H3. The van der Waals surface area contributed by atoms with Gasteiger partial charge in [-0.15, -0.1) is 0 Å². The molecule has 0 radical (unpaired) electrons. The normalized spacial score (nSPS) is 41.5. The second kappa shape index (κ2) is 3.99. The topological polar surface area (TPSA) is 54.5 Å². The minimum Gasteiger partial charge on any atom is -0.341 e. The highest BCUT2D eigenvalue weighted by atomic mass is 32.2. The fraction of sp³-hybridized carbons (Fsp3) is 0.933. The molecule has 1 saturated heterocycles. The summed E-state index contributed by atoms with van der Waals surface area (Å²) in [4.78, 5) is 14.7. The lowest BCUT2D eigenvalue weighted by Gasteiger charge is -2.41. The third-order valence-electron chi connectivity index (χ3n) is 6.69. The molecule has 112 valence electrons. The van der Waals surface area contributed by atoms with Crippen molar-refractivity contribution in [2.24, 2.45) is 23.7 Å². The minimum absolute atomic E-state index is 0.0833. The summed E-state index contributed by atoms with van der Waals surface area (Å²) in [6.45, 7) is 1.64. The van der Waals surface area contributed by atoms with E-state index in [4.69, 9.17) is 0 Å². The first kappa shape index (κ1) is 13.1. The van der Waals surface area contributed by atoms with Gasteiger partial charge in [-0.1, -0.05) is 0 Å². The molecule has 0 N–H and O–H groups in total. The highest BCUT2D eigenvalue weighted by molar-refractivity contribution is 7.93. The number of hydrogen-bond acceptors (Lipinski definition) is 3. The van der Waals surface area contributed by atoms with Gasteiger partial charge in [0.1, 0.15) is 0 Å². The van der Waals surface area contributed by atoms with Crippen LogP contribution in [0.5, 0.6) is 0 Å². The molecular formula is C15H23NO3S. The number of carbonyl (C=O) groups excluding carboxylic acids is 1. The molecule has 4 atom stereocenters. The van der Waals surface area contributed by atoms with Crippen molar-refractivity contribution in [3.63, 3.8) is 0 Å². The summed E-state index contributed by atoms with van der Waals surface area (Å²) >= 11 is 0. The quantitative estimate of drug-likeness (QED) is 0.775. The predicted molar refractivity (Wildman–Crippen MR) is 75.8 cm³/mol. The first-order valence-electron chi connectivity index (χ1n) is 7.91. The number of rotatable bonds is 2. The molecule has 4 fully saturated rings. The molecule has 20 heavy (non-hydrogen) atoms. The maximum atomic E-state index is 12.8. The number of sulfone groups is 1. The van der Waals surface area contributed by atoms with Gasteiger partial charge in [-0.2, -0.15) is 0 Å². The Morgan fingerprint density at radius 1 is 1.10 bits per heavy atom. The van der Waals surface area contributed by atoms with Crippen LogP contribution in [0.15, 0.2) is 0 Å². The number of hydrogen-bond donors (Lipinski definition) is 0. The van der Waals surface area contributed by atoms with Crippen molar-refractivity contribution in [2.45, 2.75) is 43.3 Å². The van der Waals surface area contributed by atoms with Crippen molar-refractivity contribution < 1.29 is 13.2 Å². The van der Waals surface area contributed by atoms with E-state index in [-0.39, 0.29) is 5.91 Å². The first-order valence-corrected chi connectivity index (χ1v) is 9.80. The van der Waals surface area contributed by atoms with Gasteiger partial charge in [0.25, 0.3) is 0 Å². The summed E-state index contributed by atoms with van der Waals surface area (Å²) in [5.74, 6) is 2.85. The summed E-state index contributed by atoms with van der Waals surface area (Å²) in [6, 6.07) is 0. The van der Waals surface area contributed by atoms with Crippen molar-refractivity contribution >= 4 is 15.7 Å². The Kier molecular flexibility index (Phi) is 2.62. The Bertz CT molecular complexity index is 533. The molecule has 4 unspecified atom stereocenters. The Morgan fingerprint density at radius 3 is 2.05 bits per heavy atom. The van der Waals surface area contributed by atoms with E-state index in [2.05, 4.69) is 0 Å². The van der Waals surface area contributed by atoms with Crippen molar-refractivity contribution in [2.75, 3.05) is 19.3 Å². The molecule has 5 heteroatoms. The third kappa shape index (κ3) is 1.53. The van der Waals surface area contributed by atoms with Gasteiger partial charge in [0.2, 0.25) is 5.91 Å². The van der Waals surface area contributed by atoms with E-state index >= 15 is 0 Å². The van der Waals surface area contributed by atoms with Gasteiger partial charge in [-0.3, -0.25) is 4.79 Å². The average molecular weight is 297 g/mol. The van der Waals surface area contributed by atoms with Crippen LogP contribution in [0.4, 0.5) is 0 Å². The molecule has 1 heterocycles. The van der Waals surface area contributed by atoms with Gasteiger partial charge < -0.3 is 4.90 Å². The molecule has 0 aromatic heterocycles. The molecule has 4 rings (SSSR count). The lowest BCUT2D eigenvalue weighted by atomic mass is 9.82. The zero-order chi connectivity index (χ0) is 14.1. The summed E-state index contributed by atoms with van der Waals surface area (Å²) in [6.07, 6.45) is 7.17. The zero-order valence-electron chi connectivity index (χ0n) is 12.0. The molecule has 4 aliphatic rings. The summed E-state index contributed by atoms with van der Waals surface area (Å²) in [5.41, 5.74) is 0. The fourth-order valence-electron chi connectivity index (χ4n) is 5.38. The lowest BCUT2D eigenvalue weighted by Crippen LogP contribution is -2.57. The summed E-state index contributed by atoms with van der Waals surface area (Å²) in [7, 11) is -3.29. The minimum atomic E-state index is -3.29. The number of amides is 1. The van der Waals surface area contributed by atoms with Crippen molar-refractivity contribution in [1.29, 1.82) is 0 Å². The van der Waals surface area contributed by atoms with Crippen LogP contribution in [0.25, 0.3) is 0 Å². The smallest absolute Gasteiger partial charge is 0.244 e. The monoisotopic (exact) mass is 297 g/mol. The second-order valence-electron chi connectivity index (χ2n) is 7.49. The molecule has 0 spiro atoms. The van der Waals surface area contributed by atoms with Crippen LogP contribution in [0.2, 0.25) is 0 Å². The molecule has 1 aliphatic heterocycles. The largest absolute Gasteiger partial charge is 0.341 e. The molecule has 0 aromatic carbocycles. The van der Waals surface area contributed by atoms with Gasteiger partial charge in [0, 0.05) is 19.3 Å². The summed E-state index contributed by atoms with van der Waals surface area (Å²) < 4.78 is 23.1. The maximum Gasteiger partial charge on any atom is 0.244 e. The Hall–Kier alpha value is -0.580. The maximum absolute atomic E-state index is 12.8. The number of fused-ring (bicyclic) bond motifs is 5. The van der Waals surface area contributed by atoms with Gasteiger partial charge >= 0.3 is 0 Å². The average Bonchev–Trinajstić information content (AvgIpc) is 2.97. The fourth-order valence-corrected chi connectivity index (χ4v) is 6.85. The van der Waals surface area contributed by atoms with Crippen LogP contribution < -0.4 is 0 Å². The van der Waals surface area contributed by atoms with E-state index in [1.54, 1.807) is 0 Å². The van der Waals surface area contributed by atoms with Gasteiger partial charge in [-0.05, 0) is 62.2 Å². The Morgan fingerprint density at radius 2 is 1.65 bits per heavy atom. The van der Waals surface area contributed by atoms with Crippen LogP contribution >= 0.6 is 0 Å². The molecule has 0 aromatic rings. The van der Waals surface area contributed by atoms with Gasteiger partial charge in [-0.25, -0.2) is 8.42 Å². The van der Waals surface area contributed by atoms with E-state index in [0.717, 1.165) is 31.3 Å². The SMILES string of the molecule is CS(=O)(=O)C1(C(=O)N2CC3C4CCC(C4)C3C2)CCC1. The van der Waals surface area contributed by atoms with Crippen LogP contribution in [0.3, 0.4) is 0 Å². The number of likely N-dealkylation sites (tertiary alicyclic amines) is 1. The highest BCUT2D eigenvalue weighted by Gasteiger charge is 2.58. The Balaban J connectivity index is 1.56. The van der Waals surface area contributed by atoms with Crippen LogP contribution in [0, 0.1) is 23.7 Å². The Labute approximate surface area is 120 Å². The van der Waals surface area contributed by atoms with Crippen molar-refractivity contribution in [1.82, 2.24) is 4.90 Å². The van der Waals surface area contributed by atoms with E-state index in [1.165, 1.54) is 25.5 Å². The highest BCUT2D eigenvalue weighted by Crippen LogP contribution is 2.55. The lowest BCUT2D eigenvalue weighted by molar-refractivity contribution is -0.135. The second-order valence-corrected chi connectivity index (χ2v) is 9.82. The van der Waals surface area contributed by atoms with E-state index in [0.29, 0.717) is 24.7 Å². The summed E-state index contributed by atoms with van der Waals surface area (Å²) in [5, 5.41) is 0. The first-order chi connectivity index (χ1) is 9.42. The third-order valence-corrected chi connectivity index (χ3v) is 8.69. The van der Waals surface area contributed by atoms with Gasteiger partial charge in [0.05, 0.1) is 0 Å². The molecule has 2 bridgehead atoms. The molecule has 1 amide bonds. The van der Waals surface area contributed by atoms with E-state index in [1.807, 2.05) is 4.90 Å². The number of carbonyl (C=O) groups is 1. The van der Waals surface area contributed by atoms with E-state index < -0.39 is 14.6 Å². The van der Waals surface area contributed by atoms with E-state index in [9.17, 15) is 13.2 Å². The van der Waals surface area contributed by atoms with Crippen molar-refractivity contribution in [3.05, 3.63) is 0 Å². The van der Waals surface area contributed by atoms with Crippen LogP contribution in [-0.4, -0.2) is 43.3 Å². The molecular weight excluding hydrogens is 274 g/mol. The van der Waals surface area contributed by atoms with Gasteiger partial charge in [0.15, 0.2) is 14.6 Å². The van der Waals surface area contributed by atoms with Crippen molar-refractivity contribution in [3.8, 4) is 0 Å². The van der Waals surface area contributed by atoms with Crippen LogP contribution in [0.1, 0.15) is 38.5 Å². The molecule has 3 aliphatic carbocycles.